The highest BCUT2D eigenvalue weighted by atomic mass is 32.1. The van der Waals surface area contributed by atoms with Gasteiger partial charge in [-0.15, -0.1) is 11.3 Å². The third-order valence-corrected chi connectivity index (χ3v) is 10.6. The van der Waals surface area contributed by atoms with Crippen LogP contribution in [0.1, 0.15) is 61.8 Å². The predicted octanol–water partition coefficient (Wildman–Crippen LogP) is 3.68. The quantitative estimate of drug-likeness (QED) is 0.469. The van der Waals surface area contributed by atoms with E-state index in [0.717, 1.165) is 42.1 Å². The van der Waals surface area contributed by atoms with E-state index in [4.69, 9.17) is 0 Å². The number of urea groups is 1. The second kappa shape index (κ2) is 14.1. The van der Waals surface area contributed by atoms with Gasteiger partial charge in [0.1, 0.15) is 6.04 Å². The minimum Gasteiger partial charge on any atom is -0.343 e. The molecule has 1 aromatic heterocycles. The van der Waals surface area contributed by atoms with E-state index < -0.39 is 6.04 Å². The highest BCUT2D eigenvalue weighted by Gasteiger charge is 2.36. The van der Waals surface area contributed by atoms with E-state index in [9.17, 15) is 19.2 Å². The number of piperidine rings is 3. The first-order chi connectivity index (χ1) is 21.4. The third-order valence-electron chi connectivity index (χ3n) is 9.73. The molecular weight excluding hydrogens is 576 g/mol. The number of nitrogens with one attached hydrogen (secondary N) is 2. The number of para-hydroxylation sites is 1. The van der Waals surface area contributed by atoms with Crippen molar-refractivity contribution >= 4 is 40.8 Å². The number of fused-ring (bicyclic) bond motifs is 1. The van der Waals surface area contributed by atoms with Gasteiger partial charge in [-0.3, -0.25) is 14.4 Å². The molecule has 236 valence electrons. The van der Waals surface area contributed by atoms with Crippen LogP contribution in [0.15, 0.2) is 41.8 Å². The summed E-state index contributed by atoms with van der Waals surface area (Å²) in [5, 5.41) is 7.85. The Morgan fingerprint density at radius 3 is 2.30 bits per heavy atom. The van der Waals surface area contributed by atoms with Crippen LogP contribution in [0.2, 0.25) is 0 Å². The van der Waals surface area contributed by atoms with Gasteiger partial charge in [-0.05, 0) is 74.7 Å². The van der Waals surface area contributed by atoms with Gasteiger partial charge in [0, 0.05) is 55.4 Å². The van der Waals surface area contributed by atoms with Crippen LogP contribution in [0, 0.1) is 0 Å². The molecule has 4 aliphatic heterocycles. The summed E-state index contributed by atoms with van der Waals surface area (Å²) in [7, 11) is 0. The monoisotopic (exact) mass is 620 g/mol. The Morgan fingerprint density at radius 2 is 1.57 bits per heavy atom. The first kappa shape index (κ1) is 30.6. The summed E-state index contributed by atoms with van der Waals surface area (Å²) in [6.45, 7) is 5.17. The molecule has 4 aliphatic rings. The van der Waals surface area contributed by atoms with Crippen LogP contribution in [0.4, 0.5) is 10.5 Å². The molecule has 5 amide bonds. The second-order valence-electron chi connectivity index (χ2n) is 12.6. The zero-order chi connectivity index (χ0) is 30.5. The van der Waals surface area contributed by atoms with Crippen molar-refractivity contribution in [3.8, 4) is 0 Å². The number of likely N-dealkylation sites (tertiary alicyclic amines) is 3. The SMILES string of the molecule is O=C(Cc1cccs1)N[C@@H](CC(=O)N1CCC(N2Cc3ccccc3NC2=O)CC1)C(=O)N1CCC(N2CCCCC2)CC1. The van der Waals surface area contributed by atoms with Crippen molar-refractivity contribution in [3.05, 3.63) is 52.2 Å². The zero-order valence-electron chi connectivity index (χ0n) is 25.4. The molecule has 0 unspecified atom stereocenters. The highest BCUT2D eigenvalue weighted by Crippen LogP contribution is 2.28. The van der Waals surface area contributed by atoms with E-state index in [0.29, 0.717) is 51.6 Å². The Balaban J connectivity index is 1.05. The van der Waals surface area contributed by atoms with Gasteiger partial charge >= 0.3 is 6.03 Å². The molecule has 0 bridgehead atoms. The molecule has 0 aliphatic carbocycles. The van der Waals surface area contributed by atoms with Crippen molar-refractivity contribution < 1.29 is 19.2 Å². The second-order valence-corrected chi connectivity index (χ2v) is 13.6. The molecule has 3 saturated heterocycles. The molecule has 0 saturated carbocycles. The topological polar surface area (TPSA) is 105 Å². The largest absolute Gasteiger partial charge is 0.343 e. The van der Waals surface area contributed by atoms with Crippen molar-refractivity contribution in [2.24, 2.45) is 0 Å². The molecule has 6 rings (SSSR count). The minimum absolute atomic E-state index is 0.0385. The van der Waals surface area contributed by atoms with Gasteiger partial charge in [0.05, 0.1) is 12.8 Å². The average Bonchev–Trinajstić information content (AvgIpc) is 3.57. The highest BCUT2D eigenvalue weighted by molar-refractivity contribution is 7.10. The Bertz CT molecular complexity index is 1310. The van der Waals surface area contributed by atoms with Crippen LogP contribution in [0.5, 0.6) is 0 Å². The van der Waals surface area contributed by atoms with Gasteiger partial charge in [-0.1, -0.05) is 30.7 Å². The smallest absolute Gasteiger partial charge is 0.322 e. The number of carbonyl (C=O) groups is 4. The van der Waals surface area contributed by atoms with Gasteiger partial charge in [0.15, 0.2) is 0 Å². The number of nitrogens with zero attached hydrogens (tertiary/aromatic N) is 4. The lowest BCUT2D eigenvalue weighted by Crippen LogP contribution is -2.55. The number of carbonyl (C=O) groups excluding carboxylic acids is 4. The average molecular weight is 621 g/mol. The molecule has 5 heterocycles. The zero-order valence-corrected chi connectivity index (χ0v) is 26.2. The van der Waals surface area contributed by atoms with Crippen LogP contribution in [-0.2, 0) is 27.3 Å². The molecule has 2 aromatic rings. The third kappa shape index (κ3) is 7.26. The van der Waals surface area contributed by atoms with Gasteiger partial charge in [-0.2, -0.15) is 0 Å². The van der Waals surface area contributed by atoms with E-state index in [1.807, 2.05) is 51.6 Å². The first-order valence-electron chi connectivity index (χ1n) is 16.2. The Hall–Kier alpha value is -3.44. The number of hydrogen-bond acceptors (Lipinski definition) is 6. The summed E-state index contributed by atoms with van der Waals surface area (Å²) in [6.07, 6.45) is 7.14. The fraction of sp³-hybridized carbons (Fsp3) is 0.576. The summed E-state index contributed by atoms with van der Waals surface area (Å²) >= 11 is 1.50. The molecule has 0 spiro atoms. The maximum atomic E-state index is 13.8. The van der Waals surface area contributed by atoms with Crippen LogP contribution in [0.25, 0.3) is 0 Å². The summed E-state index contributed by atoms with van der Waals surface area (Å²) < 4.78 is 0. The van der Waals surface area contributed by atoms with Crippen molar-refractivity contribution in [2.75, 3.05) is 44.6 Å². The predicted molar refractivity (Wildman–Crippen MR) is 170 cm³/mol. The minimum atomic E-state index is -0.886. The maximum absolute atomic E-state index is 13.8. The van der Waals surface area contributed by atoms with Crippen molar-refractivity contribution in [2.45, 2.75) is 82.5 Å². The summed E-state index contributed by atoms with van der Waals surface area (Å²) in [6, 6.07) is 11.2. The van der Waals surface area contributed by atoms with Crippen LogP contribution >= 0.6 is 11.3 Å². The maximum Gasteiger partial charge on any atom is 0.322 e. The Kier molecular flexibility index (Phi) is 9.81. The summed E-state index contributed by atoms with van der Waals surface area (Å²) in [5.41, 5.74) is 1.94. The molecule has 1 aromatic carbocycles. The van der Waals surface area contributed by atoms with E-state index in [1.165, 1.54) is 30.6 Å². The number of anilines is 1. The van der Waals surface area contributed by atoms with Crippen molar-refractivity contribution in [3.63, 3.8) is 0 Å². The van der Waals surface area contributed by atoms with E-state index >= 15 is 0 Å². The number of amides is 5. The van der Waals surface area contributed by atoms with Crippen LogP contribution in [-0.4, -0.2) is 101 Å². The van der Waals surface area contributed by atoms with Crippen molar-refractivity contribution in [1.82, 2.24) is 24.9 Å². The normalized spacial score (nSPS) is 21.0. The molecule has 3 fully saturated rings. The summed E-state index contributed by atoms with van der Waals surface area (Å²) in [5.74, 6) is -0.528. The molecule has 2 N–H and O–H groups in total. The molecule has 11 heteroatoms. The van der Waals surface area contributed by atoms with E-state index in [2.05, 4.69) is 15.5 Å². The van der Waals surface area contributed by atoms with Gasteiger partial charge in [0.2, 0.25) is 17.7 Å². The lowest BCUT2D eigenvalue weighted by molar-refractivity contribution is -0.142. The van der Waals surface area contributed by atoms with E-state index in [1.54, 1.807) is 4.90 Å². The number of hydrogen-bond donors (Lipinski definition) is 2. The summed E-state index contributed by atoms with van der Waals surface area (Å²) in [4.78, 5) is 62.2. The molecule has 10 nitrogen and oxygen atoms in total. The Morgan fingerprint density at radius 1 is 0.864 bits per heavy atom. The van der Waals surface area contributed by atoms with Gasteiger partial charge in [-0.25, -0.2) is 4.79 Å². The van der Waals surface area contributed by atoms with E-state index in [-0.39, 0.29) is 42.6 Å². The molecule has 0 radical (unpaired) electrons. The van der Waals surface area contributed by atoms with Crippen molar-refractivity contribution in [1.29, 1.82) is 0 Å². The molecular formula is C33H44N6O4S. The number of rotatable bonds is 8. The number of benzene rings is 1. The molecule has 44 heavy (non-hydrogen) atoms. The Labute approximate surface area is 263 Å². The first-order valence-corrected chi connectivity index (χ1v) is 17.1. The standard InChI is InChI=1S/C33H44N6O4S/c40-30(21-27-8-6-20-44-27)34-29(32(42)38-18-10-25(11-19-38)36-14-4-1-5-15-36)22-31(41)37-16-12-26(13-17-37)39-23-24-7-2-3-9-28(24)35-33(39)43/h2-3,6-9,20,25-26,29H,1,4-5,10-19,21-23H2,(H,34,40)(H,35,43)/t29-/m0/s1. The van der Waals surface area contributed by atoms with Gasteiger partial charge in [0.25, 0.3) is 0 Å². The van der Waals surface area contributed by atoms with Crippen LogP contribution < -0.4 is 10.6 Å². The fourth-order valence-corrected chi connectivity index (χ4v) is 7.92. The van der Waals surface area contributed by atoms with Gasteiger partial charge < -0.3 is 30.2 Å². The van der Waals surface area contributed by atoms with Crippen LogP contribution in [0.3, 0.4) is 0 Å². The lowest BCUT2D eigenvalue weighted by atomic mass is 9.98. The fourth-order valence-electron chi connectivity index (χ4n) is 7.22. The molecule has 1 atom stereocenters. The lowest BCUT2D eigenvalue weighted by Gasteiger charge is -2.41. The number of thiophene rings is 1.